The summed E-state index contributed by atoms with van der Waals surface area (Å²) in [6.45, 7) is 11.4. The molecule has 0 radical (unpaired) electrons. The number of carbonyl (C=O) groups excluding carboxylic acids is 4. The second kappa shape index (κ2) is 32.3. The number of nitrogens with zero attached hydrogens (tertiary/aromatic N) is 4. The summed E-state index contributed by atoms with van der Waals surface area (Å²) in [5.74, 6) is -0.0989. The van der Waals surface area contributed by atoms with E-state index in [0.717, 1.165) is 109 Å². The molecule has 456 valence electrons. The van der Waals surface area contributed by atoms with E-state index < -0.39 is 0 Å². The van der Waals surface area contributed by atoms with E-state index >= 15 is 0 Å². The molecule has 2 atom stereocenters. The van der Waals surface area contributed by atoms with Gasteiger partial charge in [-0.1, -0.05) is 181 Å². The van der Waals surface area contributed by atoms with Crippen molar-refractivity contribution in [3.05, 3.63) is 261 Å². The fourth-order valence-corrected chi connectivity index (χ4v) is 12.7. The van der Waals surface area contributed by atoms with Gasteiger partial charge in [0.2, 0.25) is 11.8 Å². The smallest absolute Gasteiger partial charge is 0.251 e. The van der Waals surface area contributed by atoms with Crippen molar-refractivity contribution in [3.8, 4) is 22.3 Å². The Bertz CT molecular complexity index is 3560. The van der Waals surface area contributed by atoms with Gasteiger partial charge in [0.05, 0.1) is 24.9 Å². The summed E-state index contributed by atoms with van der Waals surface area (Å²) in [5, 5.41) is 7.07. The van der Waals surface area contributed by atoms with E-state index in [1.54, 1.807) is 0 Å². The molecule has 0 bridgehead atoms. The molecule has 12 nitrogen and oxygen atoms in total. The highest BCUT2D eigenvalue weighted by Crippen LogP contribution is 2.35. The molecule has 2 heterocycles. The SMILES string of the molecule is CC(c1cccc(-c2ccccc2C(=O)NCCN)c1)N(C(=O)Cc1ccc(Cl)cc1)C1CCN(Cc2ccccc2)CC1.CC(c1cccc(-c2ccccc2C(=O)NCCN)c1)N(C(=O)Cc1cccc(Cl)c1)C1CCN(Cc2ccccc2)CC1. The van der Waals surface area contributed by atoms with Crippen molar-refractivity contribution in [1.29, 1.82) is 0 Å². The van der Waals surface area contributed by atoms with E-state index in [9.17, 15) is 19.2 Å². The van der Waals surface area contributed by atoms with Gasteiger partial charge in [-0.05, 0) is 144 Å². The number of nitrogens with two attached hydrogens (primary N) is 2. The number of halogens is 2. The summed E-state index contributed by atoms with van der Waals surface area (Å²) in [6, 6.07) is 67.8. The number of likely N-dealkylation sites (tertiary alicyclic amines) is 2. The molecule has 0 spiro atoms. The van der Waals surface area contributed by atoms with Crippen LogP contribution in [0.4, 0.5) is 0 Å². The fourth-order valence-electron chi connectivity index (χ4n) is 12.3. The quantitative estimate of drug-likeness (QED) is 0.0522. The van der Waals surface area contributed by atoms with Gasteiger partial charge in [-0.2, -0.15) is 0 Å². The van der Waals surface area contributed by atoms with Crippen LogP contribution in [0.2, 0.25) is 10.0 Å². The lowest BCUT2D eigenvalue weighted by Crippen LogP contribution is -2.48. The molecule has 8 aromatic carbocycles. The average molecular weight is 1220 g/mol. The summed E-state index contributed by atoms with van der Waals surface area (Å²) in [6.07, 6.45) is 4.24. The zero-order valence-electron chi connectivity index (χ0n) is 50.6. The van der Waals surface area contributed by atoms with E-state index in [1.165, 1.54) is 11.1 Å². The standard InChI is InChI=1S/2C37H41ClN4O2/c1-27(30-12-8-13-31(25-30)34-15-5-6-16-35(34)37(44)40-20-19-39)42(36(43)24-29-11-7-14-32(38)23-29)33-17-21-41(22-18-33)26-28-9-3-2-4-10-28;1-27(30-10-7-11-31(25-30)34-12-5-6-13-35(34)37(44)40-21-20-39)42(36(43)24-28-14-16-32(38)17-15-28)33-18-22-41(23-19-33)26-29-8-3-2-4-9-29/h2-16,23,25,27,33H,17-22,24,26,39H2,1H3,(H,40,44);2-17,25,27,33H,18-24,26,39H2,1H3,(H,40,44). The largest absolute Gasteiger partial charge is 0.351 e. The lowest BCUT2D eigenvalue weighted by atomic mass is 9.93. The number of hydrogen-bond acceptors (Lipinski definition) is 8. The van der Waals surface area contributed by atoms with Gasteiger partial charge in [-0.25, -0.2) is 0 Å². The van der Waals surface area contributed by atoms with Crippen LogP contribution < -0.4 is 22.1 Å². The highest BCUT2D eigenvalue weighted by molar-refractivity contribution is 6.30. The molecule has 10 rings (SSSR count). The maximum absolute atomic E-state index is 14.1. The van der Waals surface area contributed by atoms with Gasteiger partial charge in [-0.3, -0.25) is 29.0 Å². The Balaban J connectivity index is 0.000000209. The van der Waals surface area contributed by atoms with Crippen LogP contribution in [0.3, 0.4) is 0 Å². The molecule has 0 saturated carbocycles. The fraction of sp³-hybridized carbons (Fsp3) is 0.297. The second-order valence-electron chi connectivity index (χ2n) is 23.0. The summed E-state index contributed by atoms with van der Waals surface area (Å²) in [5.41, 5.74) is 22.6. The topological polar surface area (TPSA) is 157 Å². The van der Waals surface area contributed by atoms with Gasteiger partial charge in [-0.15, -0.1) is 0 Å². The van der Waals surface area contributed by atoms with Gasteiger partial charge in [0.25, 0.3) is 11.8 Å². The van der Waals surface area contributed by atoms with E-state index in [4.69, 9.17) is 34.7 Å². The van der Waals surface area contributed by atoms with Gasteiger partial charge >= 0.3 is 0 Å². The zero-order chi connectivity index (χ0) is 61.8. The summed E-state index contributed by atoms with van der Waals surface area (Å²) in [4.78, 5) is 63.2. The average Bonchev–Trinajstić information content (AvgIpc) is 1.93. The lowest BCUT2D eigenvalue weighted by Gasteiger charge is -2.42. The minimum Gasteiger partial charge on any atom is -0.351 e. The van der Waals surface area contributed by atoms with Crippen LogP contribution in [0.1, 0.15) is 106 Å². The number of carbonyl (C=O) groups is 4. The first kappa shape index (κ1) is 64.5. The molecule has 0 aliphatic carbocycles. The Morgan fingerprint density at radius 1 is 0.455 bits per heavy atom. The maximum Gasteiger partial charge on any atom is 0.251 e. The van der Waals surface area contributed by atoms with E-state index in [0.29, 0.717) is 60.2 Å². The van der Waals surface area contributed by atoms with Crippen molar-refractivity contribution >= 4 is 46.8 Å². The zero-order valence-corrected chi connectivity index (χ0v) is 52.1. The summed E-state index contributed by atoms with van der Waals surface area (Å²) >= 11 is 12.4. The summed E-state index contributed by atoms with van der Waals surface area (Å²) in [7, 11) is 0. The number of benzene rings is 8. The number of piperidine rings is 2. The van der Waals surface area contributed by atoms with E-state index in [-0.39, 0.29) is 47.8 Å². The first-order chi connectivity index (χ1) is 42.8. The van der Waals surface area contributed by atoms with Crippen LogP contribution in [0.25, 0.3) is 22.3 Å². The molecule has 4 amide bonds. The first-order valence-corrected chi connectivity index (χ1v) is 31.6. The number of amides is 4. The third-order valence-corrected chi connectivity index (χ3v) is 17.4. The highest BCUT2D eigenvalue weighted by atomic mass is 35.5. The second-order valence-corrected chi connectivity index (χ2v) is 23.9. The molecule has 88 heavy (non-hydrogen) atoms. The Hall–Kier alpha value is -7.94. The Morgan fingerprint density at radius 3 is 1.28 bits per heavy atom. The Morgan fingerprint density at radius 2 is 0.852 bits per heavy atom. The number of rotatable bonds is 22. The molecule has 2 aliphatic heterocycles. The van der Waals surface area contributed by atoms with Gasteiger partial charge in [0.1, 0.15) is 0 Å². The molecule has 0 aromatic heterocycles. The van der Waals surface area contributed by atoms with Crippen LogP contribution >= 0.6 is 23.2 Å². The summed E-state index contributed by atoms with van der Waals surface area (Å²) < 4.78 is 0. The van der Waals surface area contributed by atoms with Crippen LogP contribution in [-0.4, -0.2) is 108 Å². The lowest BCUT2D eigenvalue weighted by molar-refractivity contribution is -0.137. The van der Waals surface area contributed by atoms with Gasteiger partial charge in [0, 0.05) is 98.7 Å². The molecule has 14 heteroatoms. The molecule has 8 aromatic rings. The number of nitrogens with one attached hydrogen (secondary N) is 2. The first-order valence-electron chi connectivity index (χ1n) is 30.8. The van der Waals surface area contributed by atoms with Crippen molar-refractivity contribution in [2.75, 3.05) is 52.4 Å². The van der Waals surface area contributed by atoms with Crippen LogP contribution in [-0.2, 0) is 35.5 Å². The van der Waals surface area contributed by atoms with Crippen LogP contribution in [0.5, 0.6) is 0 Å². The van der Waals surface area contributed by atoms with Crippen molar-refractivity contribution in [1.82, 2.24) is 30.2 Å². The molecule has 2 unspecified atom stereocenters. The third kappa shape index (κ3) is 17.6. The molecular weight excluding hydrogens is 1140 g/mol. The minimum absolute atomic E-state index is 0.0910. The highest BCUT2D eigenvalue weighted by Gasteiger charge is 2.34. The number of hydrogen-bond donors (Lipinski definition) is 4. The molecule has 2 aliphatic rings. The molecular formula is C74H82Cl2N8O4. The Kier molecular flexibility index (Phi) is 23.7. The van der Waals surface area contributed by atoms with Crippen molar-refractivity contribution in [2.45, 2.75) is 89.6 Å². The van der Waals surface area contributed by atoms with Crippen molar-refractivity contribution in [2.24, 2.45) is 11.5 Å². The van der Waals surface area contributed by atoms with E-state index in [1.807, 2.05) is 133 Å². The van der Waals surface area contributed by atoms with Crippen LogP contribution in [0, 0.1) is 0 Å². The monoisotopic (exact) mass is 1220 g/mol. The van der Waals surface area contributed by atoms with E-state index in [2.05, 4.69) is 117 Å². The van der Waals surface area contributed by atoms with Crippen molar-refractivity contribution in [3.63, 3.8) is 0 Å². The van der Waals surface area contributed by atoms with Gasteiger partial charge < -0.3 is 31.9 Å². The normalized spacial score (nSPS) is 14.6. The maximum atomic E-state index is 14.1. The molecule has 6 N–H and O–H groups in total. The third-order valence-electron chi connectivity index (χ3n) is 16.9. The Labute approximate surface area is 529 Å². The molecule has 2 fully saturated rings. The molecule has 2 saturated heterocycles. The van der Waals surface area contributed by atoms with Gasteiger partial charge in [0.15, 0.2) is 0 Å². The van der Waals surface area contributed by atoms with Crippen molar-refractivity contribution < 1.29 is 19.2 Å². The van der Waals surface area contributed by atoms with Crippen LogP contribution in [0.15, 0.2) is 206 Å². The predicted molar refractivity (Wildman–Crippen MR) is 357 cm³/mol. The minimum atomic E-state index is -0.162. The predicted octanol–water partition coefficient (Wildman–Crippen LogP) is 13.0.